The molecule has 1 amide bonds. The molecule has 0 unspecified atom stereocenters. The van der Waals surface area contributed by atoms with Crippen molar-refractivity contribution in [3.05, 3.63) is 70.3 Å². The maximum absolute atomic E-state index is 13.3. The normalized spacial score (nSPS) is 15.6. The Morgan fingerprint density at radius 2 is 1.93 bits per heavy atom. The standard InChI is InChI=1S/C23H24F3N3O/c1-16-3-2-4-18(11-16)15-29-9-7-19(8-10-29)22(30)28-14-20-6-5-17(13-27)12-21(20)23(24,25)26/h2-6,11-12,19H,7-10,14-15H2,1H3,(H,28,30). The molecule has 0 atom stereocenters. The molecule has 1 N–H and O–H groups in total. The number of aryl methyl sites for hydroxylation is 1. The maximum atomic E-state index is 13.3. The van der Waals surface area contributed by atoms with Gasteiger partial charge >= 0.3 is 6.18 Å². The van der Waals surface area contributed by atoms with E-state index in [-0.39, 0.29) is 29.5 Å². The first-order valence-electron chi connectivity index (χ1n) is 9.92. The number of likely N-dealkylation sites (tertiary alicyclic amines) is 1. The molecule has 1 saturated heterocycles. The van der Waals surface area contributed by atoms with E-state index in [9.17, 15) is 18.0 Å². The fraction of sp³-hybridized carbons (Fsp3) is 0.391. The highest BCUT2D eigenvalue weighted by Crippen LogP contribution is 2.32. The lowest BCUT2D eigenvalue weighted by atomic mass is 9.95. The number of nitrogens with one attached hydrogen (secondary N) is 1. The van der Waals surface area contributed by atoms with Gasteiger partial charge in [0.15, 0.2) is 0 Å². The van der Waals surface area contributed by atoms with Crippen molar-refractivity contribution in [3.8, 4) is 6.07 Å². The zero-order chi connectivity index (χ0) is 21.7. The number of nitrogens with zero attached hydrogens (tertiary/aromatic N) is 2. The van der Waals surface area contributed by atoms with Gasteiger partial charge in [-0.1, -0.05) is 35.9 Å². The number of hydrogen-bond donors (Lipinski definition) is 1. The zero-order valence-corrected chi connectivity index (χ0v) is 16.8. The minimum Gasteiger partial charge on any atom is -0.352 e. The summed E-state index contributed by atoms with van der Waals surface area (Å²) in [7, 11) is 0. The van der Waals surface area contributed by atoms with E-state index in [0.717, 1.165) is 25.7 Å². The van der Waals surface area contributed by atoms with E-state index in [0.29, 0.717) is 12.8 Å². The number of rotatable bonds is 5. The third-order valence-electron chi connectivity index (χ3n) is 5.44. The van der Waals surface area contributed by atoms with Crippen LogP contribution in [-0.2, 0) is 24.1 Å². The number of carbonyl (C=O) groups excluding carboxylic acids is 1. The molecule has 158 valence electrons. The minimum atomic E-state index is -4.58. The number of alkyl halides is 3. The van der Waals surface area contributed by atoms with Crippen LogP contribution in [0.4, 0.5) is 13.2 Å². The number of benzene rings is 2. The lowest BCUT2D eigenvalue weighted by Crippen LogP contribution is -2.40. The van der Waals surface area contributed by atoms with Crippen LogP contribution in [0.1, 0.15) is 40.7 Å². The van der Waals surface area contributed by atoms with E-state index in [2.05, 4.69) is 35.3 Å². The second kappa shape index (κ2) is 9.31. The summed E-state index contributed by atoms with van der Waals surface area (Å²) in [6.07, 6.45) is -3.22. The molecule has 3 rings (SSSR count). The second-order valence-electron chi connectivity index (χ2n) is 7.74. The highest BCUT2D eigenvalue weighted by atomic mass is 19.4. The molecule has 1 heterocycles. The molecule has 0 aliphatic carbocycles. The second-order valence-corrected chi connectivity index (χ2v) is 7.74. The molecule has 0 spiro atoms. The van der Waals surface area contributed by atoms with E-state index >= 15 is 0 Å². The summed E-state index contributed by atoms with van der Waals surface area (Å²) in [4.78, 5) is 14.8. The summed E-state index contributed by atoms with van der Waals surface area (Å²) in [6, 6.07) is 13.4. The maximum Gasteiger partial charge on any atom is 0.416 e. The van der Waals surface area contributed by atoms with Crippen molar-refractivity contribution in [2.24, 2.45) is 5.92 Å². The Morgan fingerprint density at radius 3 is 2.57 bits per heavy atom. The molecule has 1 aliphatic heterocycles. The Hall–Kier alpha value is -2.85. The van der Waals surface area contributed by atoms with Crippen LogP contribution < -0.4 is 5.32 Å². The molecule has 0 aromatic heterocycles. The van der Waals surface area contributed by atoms with Gasteiger partial charge < -0.3 is 5.32 Å². The van der Waals surface area contributed by atoms with Gasteiger partial charge in [0.1, 0.15) is 0 Å². The van der Waals surface area contributed by atoms with Crippen LogP contribution in [0, 0.1) is 24.2 Å². The van der Waals surface area contributed by atoms with Gasteiger partial charge in [-0.25, -0.2) is 0 Å². The van der Waals surface area contributed by atoms with Gasteiger partial charge in [-0.05, 0) is 56.1 Å². The molecule has 30 heavy (non-hydrogen) atoms. The van der Waals surface area contributed by atoms with Gasteiger partial charge in [-0.15, -0.1) is 0 Å². The lowest BCUT2D eigenvalue weighted by molar-refractivity contribution is -0.138. The predicted molar refractivity (Wildman–Crippen MR) is 107 cm³/mol. The largest absolute Gasteiger partial charge is 0.416 e. The van der Waals surface area contributed by atoms with E-state index in [1.54, 1.807) is 6.07 Å². The summed E-state index contributed by atoms with van der Waals surface area (Å²) in [5.41, 5.74) is 1.47. The van der Waals surface area contributed by atoms with Crippen LogP contribution in [0.5, 0.6) is 0 Å². The van der Waals surface area contributed by atoms with E-state index in [1.165, 1.54) is 23.3 Å². The fourth-order valence-electron chi connectivity index (χ4n) is 3.81. The number of piperidine rings is 1. The smallest absolute Gasteiger partial charge is 0.352 e. The summed E-state index contributed by atoms with van der Waals surface area (Å²) >= 11 is 0. The molecule has 1 fully saturated rings. The third-order valence-corrected chi connectivity index (χ3v) is 5.44. The summed E-state index contributed by atoms with van der Waals surface area (Å²) in [5, 5.41) is 11.5. The molecule has 7 heteroatoms. The number of hydrogen-bond acceptors (Lipinski definition) is 3. The summed E-state index contributed by atoms with van der Waals surface area (Å²) in [6.45, 7) is 4.23. The van der Waals surface area contributed by atoms with Crippen molar-refractivity contribution in [1.29, 1.82) is 5.26 Å². The predicted octanol–water partition coefficient (Wildman–Crippen LogP) is 4.41. The van der Waals surface area contributed by atoms with Gasteiger partial charge in [-0.2, -0.15) is 18.4 Å². The summed E-state index contributed by atoms with van der Waals surface area (Å²) < 4.78 is 39.8. The van der Waals surface area contributed by atoms with E-state index in [1.807, 2.05) is 6.07 Å². The number of carbonyl (C=O) groups is 1. The van der Waals surface area contributed by atoms with Gasteiger partial charge in [0.2, 0.25) is 5.91 Å². The number of amides is 1. The first kappa shape index (κ1) is 21.8. The molecule has 4 nitrogen and oxygen atoms in total. The quantitative estimate of drug-likeness (QED) is 0.787. The molecular formula is C23H24F3N3O. The van der Waals surface area contributed by atoms with Crippen molar-refractivity contribution < 1.29 is 18.0 Å². The van der Waals surface area contributed by atoms with Gasteiger partial charge in [0, 0.05) is 19.0 Å². The van der Waals surface area contributed by atoms with Crippen LogP contribution in [0.25, 0.3) is 0 Å². The van der Waals surface area contributed by atoms with E-state index in [4.69, 9.17) is 5.26 Å². The number of nitriles is 1. The topological polar surface area (TPSA) is 56.1 Å². The Kier molecular flexibility index (Phi) is 6.78. The Morgan fingerprint density at radius 1 is 1.20 bits per heavy atom. The molecule has 0 saturated carbocycles. The fourth-order valence-corrected chi connectivity index (χ4v) is 3.81. The lowest BCUT2D eigenvalue weighted by Gasteiger charge is -2.31. The molecule has 0 bridgehead atoms. The van der Waals surface area contributed by atoms with Crippen LogP contribution in [0.2, 0.25) is 0 Å². The first-order valence-corrected chi connectivity index (χ1v) is 9.92. The minimum absolute atomic E-state index is 0.0354. The molecule has 1 aliphatic rings. The average molecular weight is 415 g/mol. The van der Waals surface area contributed by atoms with Crippen molar-refractivity contribution in [2.45, 2.75) is 39.0 Å². The highest BCUT2D eigenvalue weighted by molar-refractivity contribution is 5.78. The van der Waals surface area contributed by atoms with Gasteiger partial charge in [0.05, 0.1) is 17.2 Å². The number of halogens is 3. The van der Waals surface area contributed by atoms with Crippen molar-refractivity contribution in [1.82, 2.24) is 10.2 Å². The van der Waals surface area contributed by atoms with Gasteiger partial charge in [0.25, 0.3) is 0 Å². The summed E-state index contributed by atoms with van der Waals surface area (Å²) in [5.74, 6) is -0.422. The highest BCUT2D eigenvalue weighted by Gasteiger charge is 2.34. The van der Waals surface area contributed by atoms with E-state index < -0.39 is 11.7 Å². The Bertz CT molecular complexity index is 941. The SMILES string of the molecule is Cc1cccc(CN2CCC(C(=O)NCc3ccc(C#N)cc3C(F)(F)F)CC2)c1. The van der Waals surface area contributed by atoms with Crippen LogP contribution >= 0.6 is 0 Å². The van der Waals surface area contributed by atoms with Gasteiger partial charge in [-0.3, -0.25) is 9.69 Å². The first-order chi connectivity index (χ1) is 14.3. The molecule has 2 aromatic rings. The van der Waals surface area contributed by atoms with Crippen LogP contribution in [-0.4, -0.2) is 23.9 Å². The Labute approximate surface area is 174 Å². The monoisotopic (exact) mass is 415 g/mol. The van der Waals surface area contributed by atoms with Crippen molar-refractivity contribution in [3.63, 3.8) is 0 Å². The van der Waals surface area contributed by atoms with Crippen LogP contribution in [0.3, 0.4) is 0 Å². The molecule has 2 aromatic carbocycles. The van der Waals surface area contributed by atoms with Crippen LogP contribution in [0.15, 0.2) is 42.5 Å². The third kappa shape index (κ3) is 5.61. The average Bonchev–Trinajstić information content (AvgIpc) is 2.72. The zero-order valence-electron chi connectivity index (χ0n) is 16.8. The molecular weight excluding hydrogens is 391 g/mol. The Balaban J connectivity index is 1.54. The van der Waals surface area contributed by atoms with Crippen molar-refractivity contribution in [2.75, 3.05) is 13.1 Å². The van der Waals surface area contributed by atoms with Crippen molar-refractivity contribution >= 4 is 5.91 Å². The molecule has 0 radical (unpaired) electrons.